The van der Waals surface area contributed by atoms with E-state index in [-0.39, 0.29) is 0 Å². The van der Waals surface area contributed by atoms with Crippen LogP contribution in [0.4, 0.5) is 0 Å². The summed E-state index contributed by atoms with van der Waals surface area (Å²) in [5, 5.41) is 7.75. The molecule has 0 aliphatic rings. The lowest BCUT2D eigenvalue weighted by molar-refractivity contribution is 0.592. The highest BCUT2D eigenvalue weighted by Crippen LogP contribution is 2.44. The summed E-state index contributed by atoms with van der Waals surface area (Å²) >= 11 is 0. The van der Waals surface area contributed by atoms with Gasteiger partial charge in [0.1, 0.15) is 11.2 Å². The van der Waals surface area contributed by atoms with Gasteiger partial charge < -0.3 is 8.98 Å². The molecule has 0 N–H and O–H groups in total. The first-order valence-corrected chi connectivity index (χ1v) is 15.4. The summed E-state index contributed by atoms with van der Waals surface area (Å²) in [5.74, 6) is 0. The normalized spacial score (nSPS) is 12.0. The topological polar surface area (TPSA) is 43.1 Å². The smallest absolute Gasteiger partial charge is 0.171 e. The summed E-state index contributed by atoms with van der Waals surface area (Å²) in [6, 6.07) is 48.3. The summed E-state index contributed by atoms with van der Waals surface area (Å²) < 4.78 is 21.4. The van der Waals surface area contributed by atoms with E-state index in [4.69, 9.17) is 9.40 Å². The number of nitrogens with zero attached hydrogens (tertiary/aromatic N) is 1. The molecule has 0 saturated carbocycles. The second-order valence-corrected chi connectivity index (χ2v) is 13.0. The number of furan rings is 1. The Morgan fingerprint density at radius 1 is 0.488 bits per heavy atom. The highest BCUT2D eigenvalue weighted by molar-refractivity contribution is 7.85. The molecule has 0 aliphatic carbocycles. The molecule has 6 aromatic carbocycles. The van der Waals surface area contributed by atoms with Gasteiger partial charge in [0.2, 0.25) is 0 Å². The minimum absolute atomic E-state index is 0.789. The van der Waals surface area contributed by atoms with Gasteiger partial charge in [-0.1, -0.05) is 127 Å². The molecule has 0 radical (unpaired) electrons. The maximum atomic E-state index is 14.9. The number of rotatable bonds is 4. The fraction of sp³-hybridized carbons (Fsp3) is 0. The van der Waals surface area contributed by atoms with Crippen LogP contribution in [0, 0.1) is 0 Å². The van der Waals surface area contributed by atoms with Crippen molar-refractivity contribution in [2.24, 2.45) is 0 Å². The summed E-state index contributed by atoms with van der Waals surface area (Å²) in [6.07, 6.45) is 0. The summed E-state index contributed by atoms with van der Waals surface area (Å²) in [7, 11) is -3.07. The Balaban J connectivity index is 1.38. The van der Waals surface area contributed by atoms with Crippen LogP contribution in [-0.4, -0.2) is 4.98 Å². The molecule has 8 aromatic rings. The third kappa shape index (κ3) is 3.67. The van der Waals surface area contributed by atoms with E-state index in [0.29, 0.717) is 0 Å². The molecule has 0 spiro atoms. The van der Waals surface area contributed by atoms with E-state index in [1.54, 1.807) is 0 Å². The fourth-order valence-electron chi connectivity index (χ4n) is 5.98. The summed E-state index contributed by atoms with van der Waals surface area (Å²) in [5.41, 5.74) is 4.42. The molecule has 4 heteroatoms. The van der Waals surface area contributed by atoms with Crippen molar-refractivity contribution in [2.75, 3.05) is 0 Å². The van der Waals surface area contributed by atoms with Gasteiger partial charge in [-0.3, -0.25) is 0 Å². The molecule has 0 bridgehead atoms. The highest BCUT2D eigenvalue weighted by atomic mass is 31.2. The summed E-state index contributed by atoms with van der Waals surface area (Å²) in [6.45, 7) is 0. The van der Waals surface area contributed by atoms with Crippen LogP contribution in [0.1, 0.15) is 0 Å². The number of para-hydroxylation sites is 2. The van der Waals surface area contributed by atoms with Crippen LogP contribution in [0.3, 0.4) is 0 Å². The van der Waals surface area contributed by atoms with Crippen LogP contribution in [0.5, 0.6) is 0 Å². The van der Waals surface area contributed by atoms with Gasteiger partial charge in [0.05, 0.1) is 16.6 Å². The van der Waals surface area contributed by atoms with Crippen molar-refractivity contribution in [3.63, 3.8) is 0 Å². The molecule has 0 atom stereocenters. The lowest BCUT2D eigenvalue weighted by Gasteiger charge is -2.20. The van der Waals surface area contributed by atoms with Crippen molar-refractivity contribution in [1.82, 2.24) is 4.98 Å². The van der Waals surface area contributed by atoms with Gasteiger partial charge in [0.15, 0.2) is 7.14 Å². The highest BCUT2D eigenvalue weighted by Gasteiger charge is 2.29. The van der Waals surface area contributed by atoms with Crippen molar-refractivity contribution in [2.45, 2.75) is 0 Å². The second kappa shape index (κ2) is 9.30. The number of benzene rings is 6. The van der Waals surface area contributed by atoms with Crippen LogP contribution in [-0.2, 0) is 4.57 Å². The van der Waals surface area contributed by atoms with Crippen molar-refractivity contribution >= 4 is 66.7 Å². The molecule has 0 unspecified atom stereocenters. The fourth-order valence-corrected chi connectivity index (χ4v) is 8.63. The van der Waals surface area contributed by atoms with Crippen LogP contribution < -0.4 is 15.9 Å². The van der Waals surface area contributed by atoms with E-state index in [1.807, 2.05) is 115 Å². The third-order valence-corrected chi connectivity index (χ3v) is 11.0. The van der Waals surface area contributed by atoms with E-state index in [0.717, 1.165) is 70.8 Å². The molecular formula is C37H24NO2P. The number of hydrogen-bond acceptors (Lipinski definition) is 3. The minimum Gasteiger partial charge on any atom is -0.455 e. The maximum Gasteiger partial charge on any atom is 0.171 e. The van der Waals surface area contributed by atoms with E-state index in [1.165, 1.54) is 0 Å². The van der Waals surface area contributed by atoms with E-state index >= 15 is 0 Å². The van der Waals surface area contributed by atoms with Gasteiger partial charge in [0.25, 0.3) is 0 Å². The number of pyridine rings is 1. The van der Waals surface area contributed by atoms with Gasteiger partial charge in [-0.15, -0.1) is 0 Å². The van der Waals surface area contributed by atoms with Gasteiger partial charge in [-0.2, -0.15) is 0 Å². The average Bonchev–Trinajstić information content (AvgIpc) is 3.44. The lowest BCUT2D eigenvalue weighted by atomic mass is 9.98. The molecule has 0 saturated heterocycles. The largest absolute Gasteiger partial charge is 0.455 e. The Morgan fingerprint density at radius 2 is 1.05 bits per heavy atom. The van der Waals surface area contributed by atoms with Crippen molar-refractivity contribution in [1.29, 1.82) is 0 Å². The predicted octanol–water partition coefficient (Wildman–Crippen LogP) is 8.59. The van der Waals surface area contributed by atoms with Crippen LogP contribution in [0.2, 0.25) is 0 Å². The second-order valence-electron chi connectivity index (χ2n) is 10.3. The van der Waals surface area contributed by atoms with Gasteiger partial charge >= 0.3 is 0 Å². The average molecular weight is 546 g/mol. The van der Waals surface area contributed by atoms with E-state index in [2.05, 4.69) is 30.3 Å². The van der Waals surface area contributed by atoms with Crippen molar-refractivity contribution < 1.29 is 8.98 Å². The molecule has 0 amide bonds. The first-order chi connectivity index (χ1) is 20.2. The number of hydrogen-bond donors (Lipinski definition) is 0. The Hall–Kier alpha value is -4.98. The van der Waals surface area contributed by atoms with Gasteiger partial charge in [-0.05, 0) is 23.6 Å². The molecule has 0 aliphatic heterocycles. The zero-order valence-corrected chi connectivity index (χ0v) is 23.0. The first-order valence-electron chi connectivity index (χ1n) is 13.7. The summed E-state index contributed by atoms with van der Waals surface area (Å²) in [4.78, 5) is 5.17. The molecule has 3 nitrogen and oxygen atoms in total. The molecule has 0 fully saturated rings. The number of aromatic nitrogens is 1. The van der Waals surface area contributed by atoms with Gasteiger partial charge in [0, 0.05) is 37.6 Å². The zero-order chi connectivity index (χ0) is 27.4. The predicted molar refractivity (Wildman–Crippen MR) is 171 cm³/mol. The monoisotopic (exact) mass is 545 g/mol. The first kappa shape index (κ1) is 23.9. The standard InChI is InChI=1S/C37H24NO2P/c39-41(26-11-3-1-4-12-26,27-13-5-2-6-14-27)28-21-19-25(20-22-28)36-35-31(29-15-7-9-17-33(29)38-36)23-24-32-30-16-8-10-18-34(30)40-37(32)35/h1-24H. The van der Waals surface area contributed by atoms with Crippen LogP contribution in [0.15, 0.2) is 150 Å². The molecule has 2 heterocycles. The Kier molecular flexibility index (Phi) is 5.41. The third-order valence-electron chi connectivity index (χ3n) is 7.95. The Labute approximate surface area is 237 Å². The molecule has 8 rings (SSSR count). The SMILES string of the molecule is O=P(c1ccccc1)(c1ccccc1)c1ccc(-c2nc3ccccc3c3ccc4c5ccccc5oc4c23)cc1. The number of fused-ring (bicyclic) bond motifs is 7. The quantitative estimate of drug-likeness (QED) is 0.164. The zero-order valence-electron chi connectivity index (χ0n) is 22.1. The van der Waals surface area contributed by atoms with E-state index in [9.17, 15) is 4.57 Å². The molecule has 41 heavy (non-hydrogen) atoms. The van der Waals surface area contributed by atoms with Crippen LogP contribution in [0.25, 0.3) is 54.9 Å². The molecular weight excluding hydrogens is 521 g/mol. The van der Waals surface area contributed by atoms with Crippen molar-refractivity contribution in [3.8, 4) is 11.3 Å². The van der Waals surface area contributed by atoms with Crippen molar-refractivity contribution in [3.05, 3.63) is 146 Å². The van der Waals surface area contributed by atoms with Gasteiger partial charge in [-0.25, -0.2) is 4.98 Å². The minimum atomic E-state index is -3.07. The molecule has 2 aromatic heterocycles. The van der Waals surface area contributed by atoms with E-state index < -0.39 is 7.14 Å². The molecule has 194 valence electrons. The maximum absolute atomic E-state index is 14.9. The Morgan fingerprint density at radius 3 is 1.76 bits per heavy atom. The van der Waals surface area contributed by atoms with Crippen LogP contribution >= 0.6 is 7.14 Å². The lowest BCUT2D eigenvalue weighted by Crippen LogP contribution is -2.24. The Bertz CT molecular complexity index is 2230.